The molecule has 1 fully saturated rings. The maximum Gasteiger partial charge on any atom is 0.0221 e. The van der Waals surface area contributed by atoms with Crippen molar-refractivity contribution in [3.05, 3.63) is 0 Å². The first-order valence-corrected chi connectivity index (χ1v) is 6.34. The van der Waals surface area contributed by atoms with E-state index in [2.05, 4.69) is 42.9 Å². The normalized spacial score (nSPS) is 26.8. The summed E-state index contributed by atoms with van der Waals surface area (Å²) in [4.78, 5) is 5.10. The van der Waals surface area contributed by atoms with E-state index in [0.717, 1.165) is 13.1 Å². The maximum atomic E-state index is 3.47. The van der Waals surface area contributed by atoms with Crippen molar-refractivity contribution in [3.63, 3.8) is 0 Å². The molecule has 1 heterocycles. The molecule has 0 aromatic rings. The molecule has 1 saturated heterocycles. The van der Waals surface area contributed by atoms with Gasteiger partial charge in [0.05, 0.1) is 0 Å². The van der Waals surface area contributed by atoms with Crippen molar-refractivity contribution in [3.8, 4) is 0 Å². The fraction of sp³-hybridized carbons (Fsp3) is 1.00. The van der Waals surface area contributed by atoms with E-state index in [-0.39, 0.29) is 0 Å². The van der Waals surface area contributed by atoms with Gasteiger partial charge in [0, 0.05) is 38.3 Å². The Morgan fingerprint density at radius 3 is 2.60 bits per heavy atom. The van der Waals surface area contributed by atoms with Crippen LogP contribution in [-0.4, -0.2) is 61.7 Å². The number of piperazine rings is 1. The van der Waals surface area contributed by atoms with E-state index in [1.807, 2.05) is 0 Å². The summed E-state index contributed by atoms with van der Waals surface area (Å²) in [6, 6.07) is 1.42. The lowest BCUT2D eigenvalue weighted by Gasteiger charge is -2.42. The Bertz CT molecular complexity index is 172. The lowest BCUT2D eigenvalue weighted by molar-refractivity contribution is 0.0593. The summed E-state index contributed by atoms with van der Waals surface area (Å²) in [5, 5.41) is 3.47. The van der Waals surface area contributed by atoms with Crippen molar-refractivity contribution < 1.29 is 0 Å². The second kappa shape index (κ2) is 6.46. The Hall–Kier alpha value is -0.120. The van der Waals surface area contributed by atoms with Gasteiger partial charge in [-0.25, -0.2) is 0 Å². The largest absolute Gasteiger partial charge is 0.315 e. The number of hydrogen-bond donors (Lipinski definition) is 1. The molecule has 0 bridgehead atoms. The Morgan fingerprint density at radius 2 is 2.07 bits per heavy atom. The molecule has 3 heteroatoms. The quantitative estimate of drug-likeness (QED) is 0.735. The second-order valence-corrected chi connectivity index (χ2v) is 4.72. The highest BCUT2D eigenvalue weighted by molar-refractivity contribution is 4.83. The summed E-state index contributed by atoms with van der Waals surface area (Å²) >= 11 is 0. The molecule has 0 amide bonds. The van der Waals surface area contributed by atoms with Crippen LogP contribution in [0.1, 0.15) is 27.2 Å². The molecular weight excluding hydrogens is 186 g/mol. The van der Waals surface area contributed by atoms with E-state index in [1.165, 1.54) is 26.1 Å². The summed E-state index contributed by atoms with van der Waals surface area (Å²) < 4.78 is 0. The number of nitrogens with zero attached hydrogens (tertiary/aromatic N) is 2. The van der Waals surface area contributed by atoms with Crippen LogP contribution in [0.3, 0.4) is 0 Å². The highest BCUT2D eigenvalue weighted by Gasteiger charge is 2.26. The Balaban J connectivity index is 2.44. The molecule has 0 aromatic carbocycles. The summed E-state index contributed by atoms with van der Waals surface area (Å²) in [7, 11) is 2.22. The summed E-state index contributed by atoms with van der Waals surface area (Å²) in [5.74, 6) is 0. The van der Waals surface area contributed by atoms with Gasteiger partial charge in [0.15, 0.2) is 0 Å². The van der Waals surface area contributed by atoms with Gasteiger partial charge < -0.3 is 10.2 Å². The maximum absolute atomic E-state index is 3.47. The van der Waals surface area contributed by atoms with Crippen LogP contribution in [0.2, 0.25) is 0 Å². The van der Waals surface area contributed by atoms with Crippen LogP contribution in [0.5, 0.6) is 0 Å². The molecule has 2 unspecified atom stereocenters. The van der Waals surface area contributed by atoms with Crippen molar-refractivity contribution in [1.29, 1.82) is 0 Å². The minimum atomic E-state index is 0.701. The molecule has 3 nitrogen and oxygen atoms in total. The average molecular weight is 213 g/mol. The molecule has 15 heavy (non-hydrogen) atoms. The molecule has 1 aliphatic heterocycles. The molecule has 1 aliphatic rings. The van der Waals surface area contributed by atoms with Gasteiger partial charge in [0.1, 0.15) is 0 Å². The fourth-order valence-corrected chi connectivity index (χ4v) is 2.50. The van der Waals surface area contributed by atoms with E-state index in [0.29, 0.717) is 12.1 Å². The first-order chi connectivity index (χ1) is 7.19. The van der Waals surface area contributed by atoms with E-state index in [4.69, 9.17) is 0 Å². The van der Waals surface area contributed by atoms with Gasteiger partial charge in [0.2, 0.25) is 0 Å². The van der Waals surface area contributed by atoms with Crippen LogP contribution < -0.4 is 5.32 Å². The van der Waals surface area contributed by atoms with Gasteiger partial charge in [-0.2, -0.15) is 0 Å². The summed E-state index contributed by atoms with van der Waals surface area (Å²) in [6.45, 7) is 12.7. The molecule has 2 atom stereocenters. The van der Waals surface area contributed by atoms with Crippen LogP contribution in [-0.2, 0) is 0 Å². The van der Waals surface area contributed by atoms with Crippen molar-refractivity contribution in [1.82, 2.24) is 15.1 Å². The summed E-state index contributed by atoms with van der Waals surface area (Å²) in [6.07, 6.45) is 1.25. The van der Waals surface area contributed by atoms with E-state index < -0.39 is 0 Å². The first kappa shape index (κ1) is 12.9. The molecule has 1 rings (SSSR count). The Morgan fingerprint density at radius 1 is 1.33 bits per heavy atom. The van der Waals surface area contributed by atoms with Crippen LogP contribution in [0.4, 0.5) is 0 Å². The molecule has 0 saturated carbocycles. The highest BCUT2D eigenvalue weighted by Crippen LogP contribution is 2.13. The fourth-order valence-electron chi connectivity index (χ4n) is 2.50. The average Bonchev–Trinajstić information content (AvgIpc) is 2.21. The predicted molar refractivity (Wildman–Crippen MR) is 66.3 cm³/mol. The molecule has 1 N–H and O–H groups in total. The zero-order chi connectivity index (χ0) is 11.3. The number of rotatable bonds is 5. The third-order valence-corrected chi connectivity index (χ3v) is 3.45. The van der Waals surface area contributed by atoms with Gasteiger partial charge in [-0.15, -0.1) is 0 Å². The third-order valence-electron chi connectivity index (χ3n) is 3.45. The van der Waals surface area contributed by atoms with Gasteiger partial charge in [0.25, 0.3) is 0 Å². The van der Waals surface area contributed by atoms with Gasteiger partial charge in [-0.1, -0.05) is 13.8 Å². The number of hydrogen-bond acceptors (Lipinski definition) is 3. The van der Waals surface area contributed by atoms with Crippen LogP contribution in [0, 0.1) is 0 Å². The summed E-state index contributed by atoms with van der Waals surface area (Å²) in [5.41, 5.74) is 0. The Kier molecular flexibility index (Phi) is 5.58. The first-order valence-electron chi connectivity index (χ1n) is 6.34. The van der Waals surface area contributed by atoms with Crippen molar-refractivity contribution in [2.24, 2.45) is 0 Å². The standard InChI is InChI=1S/C12H27N3/c1-5-12(9-13-6-2)15-8-7-14(4)10-11(15)3/h11-13H,5-10H2,1-4H3. The molecular formula is C12H27N3. The zero-order valence-electron chi connectivity index (χ0n) is 10.8. The van der Waals surface area contributed by atoms with Crippen LogP contribution >= 0.6 is 0 Å². The molecule has 90 valence electrons. The van der Waals surface area contributed by atoms with E-state index in [9.17, 15) is 0 Å². The second-order valence-electron chi connectivity index (χ2n) is 4.72. The SMILES string of the molecule is CCNCC(CC)N1CCN(C)CC1C. The minimum Gasteiger partial charge on any atom is -0.315 e. The number of likely N-dealkylation sites (N-methyl/N-ethyl adjacent to an activating group) is 2. The van der Waals surface area contributed by atoms with Gasteiger partial charge in [-0.05, 0) is 26.9 Å². The molecule has 0 radical (unpaired) electrons. The molecule has 0 aromatic heterocycles. The van der Waals surface area contributed by atoms with Crippen molar-refractivity contribution in [2.45, 2.75) is 39.3 Å². The topological polar surface area (TPSA) is 18.5 Å². The van der Waals surface area contributed by atoms with E-state index >= 15 is 0 Å². The molecule has 0 aliphatic carbocycles. The third kappa shape index (κ3) is 3.74. The van der Waals surface area contributed by atoms with Gasteiger partial charge in [-0.3, -0.25) is 4.90 Å². The highest BCUT2D eigenvalue weighted by atomic mass is 15.3. The van der Waals surface area contributed by atoms with Crippen LogP contribution in [0.25, 0.3) is 0 Å². The lowest BCUT2D eigenvalue weighted by Crippen LogP contribution is -2.56. The lowest BCUT2D eigenvalue weighted by atomic mass is 10.1. The minimum absolute atomic E-state index is 0.701. The zero-order valence-corrected chi connectivity index (χ0v) is 10.8. The van der Waals surface area contributed by atoms with Crippen molar-refractivity contribution >= 4 is 0 Å². The Labute approximate surface area is 94.8 Å². The monoisotopic (exact) mass is 213 g/mol. The smallest absolute Gasteiger partial charge is 0.0221 e. The molecule has 0 spiro atoms. The van der Waals surface area contributed by atoms with Crippen LogP contribution in [0.15, 0.2) is 0 Å². The van der Waals surface area contributed by atoms with Gasteiger partial charge >= 0.3 is 0 Å². The predicted octanol–water partition coefficient (Wildman–Crippen LogP) is 1.01. The van der Waals surface area contributed by atoms with Crippen molar-refractivity contribution in [2.75, 3.05) is 39.8 Å². The van der Waals surface area contributed by atoms with E-state index in [1.54, 1.807) is 0 Å². The number of nitrogens with one attached hydrogen (secondary N) is 1.